The number of nitrogens with one attached hydrogen (secondary N) is 1. The van der Waals surface area contributed by atoms with Gasteiger partial charge < -0.3 is 20.4 Å². The summed E-state index contributed by atoms with van der Waals surface area (Å²) in [5, 5.41) is 22.1. The van der Waals surface area contributed by atoms with Crippen molar-refractivity contribution in [1.29, 1.82) is 0 Å². The Morgan fingerprint density at radius 2 is 2.14 bits per heavy atom. The van der Waals surface area contributed by atoms with Gasteiger partial charge in [0.1, 0.15) is 5.69 Å². The molecule has 2 bridgehead atoms. The molecule has 0 aliphatic carbocycles. The number of nitrogens with zero attached hydrogens (tertiary/aromatic N) is 3. The zero-order chi connectivity index (χ0) is 20.4. The molecule has 0 saturated carbocycles. The average Bonchev–Trinajstić information content (AvgIpc) is 2.74. The fraction of sp³-hybridized carbons (Fsp3) is 0.667. The number of likely N-dealkylation sites (tertiary alicyclic amines) is 1. The van der Waals surface area contributed by atoms with Crippen LogP contribution in [0.3, 0.4) is 0 Å². The Bertz CT molecular complexity index is 731. The quantitative estimate of drug-likeness (QED) is 0.612. The summed E-state index contributed by atoms with van der Waals surface area (Å²) < 4.78 is 0. The second-order valence-corrected chi connectivity index (χ2v) is 8.56. The molecule has 1 aromatic rings. The molecule has 5 atom stereocenters. The molecule has 8 nitrogen and oxygen atoms in total. The molecule has 3 aliphatic rings. The third-order valence-electron chi connectivity index (χ3n) is 6.62. The molecule has 4 heterocycles. The van der Waals surface area contributed by atoms with Crippen molar-refractivity contribution in [3.63, 3.8) is 0 Å². The van der Waals surface area contributed by atoms with Gasteiger partial charge in [0, 0.05) is 44.8 Å². The van der Waals surface area contributed by atoms with Crippen LogP contribution in [0.25, 0.3) is 0 Å². The maximum atomic E-state index is 12.8. The molecular weight excluding hydrogens is 372 g/mol. The lowest BCUT2D eigenvalue weighted by molar-refractivity contribution is -0.153. The summed E-state index contributed by atoms with van der Waals surface area (Å²) in [6.07, 6.45) is 4.35. The summed E-state index contributed by atoms with van der Waals surface area (Å²) >= 11 is 0. The number of carbonyl (C=O) groups is 2. The normalized spacial score (nSPS) is 30.6. The number of aromatic nitrogens is 1. The number of piperidine rings is 3. The van der Waals surface area contributed by atoms with E-state index in [2.05, 4.69) is 20.1 Å². The van der Waals surface area contributed by atoms with Crippen LogP contribution in [0.2, 0.25) is 0 Å². The first-order valence-electron chi connectivity index (χ1n) is 10.6. The zero-order valence-electron chi connectivity index (χ0n) is 16.6. The molecule has 0 spiro atoms. The third kappa shape index (κ3) is 4.29. The van der Waals surface area contributed by atoms with E-state index in [0.29, 0.717) is 31.1 Å². The van der Waals surface area contributed by atoms with Gasteiger partial charge in [-0.1, -0.05) is 6.07 Å². The van der Waals surface area contributed by atoms with E-state index in [-0.39, 0.29) is 36.4 Å². The molecule has 3 saturated heterocycles. The van der Waals surface area contributed by atoms with Crippen LogP contribution in [0.4, 0.5) is 0 Å². The van der Waals surface area contributed by atoms with Crippen molar-refractivity contribution in [2.24, 2.45) is 11.8 Å². The molecule has 8 heteroatoms. The number of β-amino-alcohol motifs (C(OH)–C–C–N with tert-alkyl or cyclic N) is 1. The van der Waals surface area contributed by atoms with Crippen LogP contribution in [0.15, 0.2) is 24.4 Å². The van der Waals surface area contributed by atoms with E-state index >= 15 is 0 Å². The molecule has 3 aliphatic heterocycles. The fourth-order valence-corrected chi connectivity index (χ4v) is 5.42. The van der Waals surface area contributed by atoms with Gasteiger partial charge in [-0.25, -0.2) is 0 Å². The minimum atomic E-state index is -0.750. The summed E-state index contributed by atoms with van der Waals surface area (Å²) in [6, 6.07) is 5.37. The Morgan fingerprint density at radius 1 is 1.31 bits per heavy atom. The average molecular weight is 402 g/mol. The van der Waals surface area contributed by atoms with E-state index < -0.39 is 6.10 Å². The highest BCUT2D eigenvalue weighted by Gasteiger charge is 2.49. The molecule has 0 radical (unpaired) electrons. The van der Waals surface area contributed by atoms with Crippen molar-refractivity contribution in [3.8, 4) is 0 Å². The first-order chi connectivity index (χ1) is 14.1. The summed E-state index contributed by atoms with van der Waals surface area (Å²) in [5.74, 6) is 0.586. The van der Waals surface area contributed by atoms with Gasteiger partial charge in [-0.05, 0) is 43.2 Å². The molecule has 29 heavy (non-hydrogen) atoms. The zero-order valence-corrected chi connectivity index (χ0v) is 16.6. The number of pyridine rings is 1. The third-order valence-corrected chi connectivity index (χ3v) is 6.62. The molecule has 2 amide bonds. The highest BCUT2D eigenvalue weighted by atomic mass is 16.3. The lowest BCUT2D eigenvalue weighted by Gasteiger charge is -2.56. The van der Waals surface area contributed by atoms with Gasteiger partial charge in [0.05, 0.1) is 18.8 Å². The second-order valence-electron chi connectivity index (χ2n) is 8.56. The number of aliphatic hydroxyl groups excluding tert-OH is 2. The summed E-state index contributed by atoms with van der Waals surface area (Å²) in [4.78, 5) is 33.7. The molecule has 3 N–H and O–H groups in total. The van der Waals surface area contributed by atoms with Crippen molar-refractivity contribution in [1.82, 2.24) is 20.1 Å². The van der Waals surface area contributed by atoms with E-state index in [1.54, 1.807) is 24.4 Å². The Labute approximate surface area is 170 Å². The molecule has 1 aromatic heterocycles. The predicted octanol–water partition coefficient (Wildman–Crippen LogP) is -0.134. The number of aliphatic hydroxyl groups is 2. The van der Waals surface area contributed by atoms with Crippen LogP contribution in [0, 0.1) is 11.8 Å². The van der Waals surface area contributed by atoms with Crippen LogP contribution in [0.5, 0.6) is 0 Å². The number of hydrogen-bond acceptors (Lipinski definition) is 6. The van der Waals surface area contributed by atoms with Crippen molar-refractivity contribution >= 4 is 11.8 Å². The van der Waals surface area contributed by atoms with Crippen LogP contribution in [0.1, 0.15) is 36.2 Å². The highest BCUT2D eigenvalue weighted by molar-refractivity contribution is 5.92. The number of amides is 2. The number of rotatable bonds is 6. The van der Waals surface area contributed by atoms with Gasteiger partial charge >= 0.3 is 0 Å². The first-order valence-corrected chi connectivity index (χ1v) is 10.6. The van der Waals surface area contributed by atoms with Crippen LogP contribution >= 0.6 is 0 Å². The molecule has 0 unspecified atom stereocenters. The minimum absolute atomic E-state index is 0.0502. The minimum Gasteiger partial charge on any atom is -0.394 e. The molecular formula is C21H30N4O4. The van der Waals surface area contributed by atoms with Gasteiger partial charge in [0.15, 0.2) is 0 Å². The van der Waals surface area contributed by atoms with Crippen LogP contribution in [-0.2, 0) is 4.79 Å². The Hall–Kier alpha value is -2.03. The maximum Gasteiger partial charge on any atom is 0.269 e. The number of fused-ring (bicyclic) bond motifs is 4. The van der Waals surface area contributed by atoms with Gasteiger partial charge in [0.2, 0.25) is 5.91 Å². The van der Waals surface area contributed by atoms with E-state index in [0.717, 1.165) is 32.4 Å². The monoisotopic (exact) mass is 402 g/mol. The standard InChI is InChI=1S/C21H30N4O4/c26-13-16(27)12-24-10-14-8-15(11-24)19(25-18(14)5-3-6-20(25)28)9-23-21(29)17-4-1-2-7-22-17/h1-2,4,7,14-16,18-19,26-27H,3,5-6,8-13H2,(H,23,29)/t14-,15+,16-,18+,19+/m1/s1. The van der Waals surface area contributed by atoms with Gasteiger partial charge in [0.25, 0.3) is 5.91 Å². The Morgan fingerprint density at radius 3 is 2.90 bits per heavy atom. The Kier molecular flexibility index (Phi) is 6.12. The molecule has 0 aromatic carbocycles. The summed E-state index contributed by atoms with van der Waals surface area (Å²) in [5.41, 5.74) is 0.374. The predicted molar refractivity (Wildman–Crippen MR) is 106 cm³/mol. The van der Waals surface area contributed by atoms with E-state index in [9.17, 15) is 19.8 Å². The van der Waals surface area contributed by atoms with Gasteiger partial charge in [-0.3, -0.25) is 19.5 Å². The largest absolute Gasteiger partial charge is 0.394 e. The van der Waals surface area contributed by atoms with Crippen molar-refractivity contribution < 1.29 is 19.8 Å². The summed E-state index contributed by atoms with van der Waals surface area (Å²) in [6.45, 7) is 2.20. The second kappa shape index (κ2) is 8.77. The lowest BCUT2D eigenvalue weighted by atomic mass is 9.72. The lowest BCUT2D eigenvalue weighted by Crippen LogP contribution is -2.67. The SMILES string of the molecule is O=C(NC[C@H]1[C@H]2C[C@H](CN(C[C@@H](O)CO)C2)[C@@H]2CCCC(=O)N21)c1ccccn1. The van der Waals surface area contributed by atoms with Crippen LogP contribution < -0.4 is 5.32 Å². The van der Waals surface area contributed by atoms with E-state index in [4.69, 9.17) is 0 Å². The van der Waals surface area contributed by atoms with Crippen molar-refractivity contribution in [2.75, 3.05) is 32.8 Å². The fourth-order valence-electron chi connectivity index (χ4n) is 5.42. The first kappa shape index (κ1) is 20.3. The van der Waals surface area contributed by atoms with Gasteiger partial charge in [-0.15, -0.1) is 0 Å². The van der Waals surface area contributed by atoms with Crippen LogP contribution in [-0.4, -0.2) is 87.8 Å². The topological polar surface area (TPSA) is 106 Å². The molecule has 4 rings (SSSR count). The van der Waals surface area contributed by atoms with Crippen molar-refractivity contribution in [3.05, 3.63) is 30.1 Å². The summed E-state index contributed by atoms with van der Waals surface area (Å²) in [7, 11) is 0. The number of hydrogen-bond donors (Lipinski definition) is 3. The maximum absolute atomic E-state index is 12.8. The van der Waals surface area contributed by atoms with Crippen molar-refractivity contribution in [2.45, 2.75) is 43.9 Å². The Balaban J connectivity index is 1.50. The molecule has 3 fully saturated rings. The van der Waals surface area contributed by atoms with E-state index in [1.807, 2.05) is 0 Å². The smallest absolute Gasteiger partial charge is 0.269 e. The number of carbonyl (C=O) groups excluding carboxylic acids is 2. The highest BCUT2D eigenvalue weighted by Crippen LogP contribution is 2.41. The van der Waals surface area contributed by atoms with Gasteiger partial charge in [-0.2, -0.15) is 0 Å². The van der Waals surface area contributed by atoms with E-state index in [1.165, 1.54) is 0 Å². The molecule has 158 valence electrons.